The second-order valence-electron chi connectivity index (χ2n) is 9.98. The molecule has 1 amide bonds. The predicted molar refractivity (Wildman–Crippen MR) is 163 cm³/mol. The Labute approximate surface area is 252 Å². The summed E-state index contributed by atoms with van der Waals surface area (Å²) >= 11 is 6.50. The lowest BCUT2D eigenvalue weighted by molar-refractivity contribution is -0.142. The van der Waals surface area contributed by atoms with Crippen molar-refractivity contribution in [1.29, 1.82) is 0 Å². The molecule has 1 aromatic carbocycles. The molecule has 2 unspecified atom stereocenters. The van der Waals surface area contributed by atoms with Gasteiger partial charge in [0.05, 0.1) is 34.7 Å². The number of fused-ring (bicyclic) bond motifs is 1. The molecule has 3 aromatic rings. The van der Waals surface area contributed by atoms with Crippen molar-refractivity contribution in [2.24, 2.45) is 5.73 Å². The Kier molecular flexibility index (Phi) is 10.0. The predicted octanol–water partition coefficient (Wildman–Crippen LogP) is 4.72. The third-order valence-electron chi connectivity index (χ3n) is 7.10. The van der Waals surface area contributed by atoms with E-state index in [-0.39, 0.29) is 10.6 Å². The van der Waals surface area contributed by atoms with Crippen LogP contribution < -0.4 is 16.0 Å². The fourth-order valence-electron chi connectivity index (χ4n) is 4.84. The Morgan fingerprint density at radius 3 is 2.47 bits per heavy atom. The van der Waals surface area contributed by atoms with Gasteiger partial charge in [0, 0.05) is 72.9 Å². The van der Waals surface area contributed by atoms with Crippen molar-refractivity contribution < 1.29 is 23.5 Å². The van der Waals surface area contributed by atoms with Crippen molar-refractivity contribution in [3.8, 4) is 11.1 Å². The third kappa shape index (κ3) is 7.15. The Bertz CT molecular complexity index is 1590. The molecule has 1 saturated heterocycles. The van der Waals surface area contributed by atoms with Crippen LogP contribution in [0.5, 0.6) is 0 Å². The standard InChI is InChI=1S/C30H32ClF2N7O3/c1-4-6-19(23(32)5-2)17(3)38-28-21-11-20(24(33)12-26(21)35-16-22(28)31)18-14-36-30(37-15-18)40-9-7-39(8-10-40)29(43)25(34)13-27(41)42/h4-6,11-12,14-17,25H,1,7-10,13,34H2,2-3H3,(H,35,38)(H,41,42)/b19-6-,23-5+. The molecule has 1 aliphatic heterocycles. The van der Waals surface area contributed by atoms with Gasteiger partial charge in [-0.1, -0.05) is 36.4 Å². The van der Waals surface area contributed by atoms with Crippen molar-refractivity contribution in [2.45, 2.75) is 32.4 Å². The number of carbonyl (C=O) groups is 2. The zero-order valence-corrected chi connectivity index (χ0v) is 24.5. The van der Waals surface area contributed by atoms with Gasteiger partial charge < -0.3 is 26.0 Å². The molecule has 4 N–H and O–H groups in total. The maximum atomic E-state index is 15.3. The summed E-state index contributed by atoms with van der Waals surface area (Å²) in [4.78, 5) is 39.8. The van der Waals surface area contributed by atoms with Crippen LogP contribution >= 0.6 is 11.6 Å². The highest BCUT2D eigenvalue weighted by molar-refractivity contribution is 6.34. The first kappa shape index (κ1) is 31.5. The summed E-state index contributed by atoms with van der Waals surface area (Å²) in [5.74, 6) is -2.09. The summed E-state index contributed by atoms with van der Waals surface area (Å²) in [5.41, 5.74) is 7.56. The number of halogens is 3. The third-order valence-corrected chi connectivity index (χ3v) is 7.39. The van der Waals surface area contributed by atoms with Crippen LogP contribution in [0.3, 0.4) is 0 Å². The fourth-order valence-corrected chi connectivity index (χ4v) is 5.04. The lowest BCUT2D eigenvalue weighted by Gasteiger charge is -2.35. The highest BCUT2D eigenvalue weighted by Gasteiger charge is 2.27. The van der Waals surface area contributed by atoms with Crippen LogP contribution in [0.4, 0.5) is 20.4 Å². The van der Waals surface area contributed by atoms with E-state index < -0.39 is 42.0 Å². The van der Waals surface area contributed by atoms with Crippen LogP contribution in [0.15, 0.2) is 66.9 Å². The quantitative estimate of drug-likeness (QED) is 0.278. The number of carbonyl (C=O) groups excluding carboxylic acids is 1. The molecule has 43 heavy (non-hydrogen) atoms. The van der Waals surface area contributed by atoms with E-state index in [1.165, 1.54) is 41.7 Å². The molecular formula is C30H32ClF2N7O3. The molecule has 4 rings (SSSR count). The van der Waals surface area contributed by atoms with Crippen LogP contribution in [0.1, 0.15) is 20.3 Å². The van der Waals surface area contributed by atoms with E-state index >= 15 is 4.39 Å². The minimum atomic E-state index is -1.13. The number of carboxylic acids is 1. The van der Waals surface area contributed by atoms with Gasteiger partial charge in [-0.25, -0.2) is 18.7 Å². The van der Waals surface area contributed by atoms with Gasteiger partial charge in [-0.15, -0.1) is 0 Å². The van der Waals surface area contributed by atoms with Crippen LogP contribution in [0.25, 0.3) is 22.0 Å². The van der Waals surface area contributed by atoms with E-state index in [4.69, 9.17) is 22.4 Å². The van der Waals surface area contributed by atoms with Gasteiger partial charge in [-0.3, -0.25) is 14.6 Å². The van der Waals surface area contributed by atoms with Crippen LogP contribution in [0, 0.1) is 5.82 Å². The number of nitrogens with zero attached hydrogens (tertiary/aromatic N) is 5. The fraction of sp³-hybridized carbons (Fsp3) is 0.300. The van der Waals surface area contributed by atoms with Crippen molar-refractivity contribution >= 4 is 46.0 Å². The van der Waals surface area contributed by atoms with E-state index in [1.807, 2.05) is 4.90 Å². The highest BCUT2D eigenvalue weighted by atomic mass is 35.5. The van der Waals surface area contributed by atoms with Crippen molar-refractivity contribution in [2.75, 3.05) is 36.4 Å². The zero-order valence-electron chi connectivity index (χ0n) is 23.7. The topological polar surface area (TPSA) is 138 Å². The average Bonchev–Trinajstić information content (AvgIpc) is 3.00. The molecule has 1 fully saturated rings. The first-order chi connectivity index (χ1) is 20.5. The molecule has 2 atom stereocenters. The van der Waals surface area contributed by atoms with Crippen LogP contribution in [-0.4, -0.2) is 75.1 Å². The SMILES string of the molecule is C=C/C=C(\C(F)=C/C)C(C)Nc1c(Cl)cnc2cc(F)c(-c3cnc(N4CCN(C(=O)C(N)CC(=O)O)CC4)nc3)cc12. The number of aromatic nitrogens is 3. The number of pyridine rings is 1. The summed E-state index contributed by atoms with van der Waals surface area (Å²) in [6, 6.07) is 1.30. The van der Waals surface area contributed by atoms with Gasteiger partial charge >= 0.3 is 5.97 Å². The molecule has 0 radical (unpaired) electrons. The minimum absolute atomic E-state index is 0.225. The lowest BCUT2D eigenvalue weighted by atomic mass is 10.0. The number of allylic oxidation sites excluding steroid dienone is 3. The Morgan fingerprint density at radius 1 is 1.19 bits per heavy atom. The van der Waals surface area contributed by atoms with E-state index in [0.29, 0.717) is 59.9 Å². The average molecular weight is 612 g/mol. The van der Waals surface area contributed by atoms with Gasteiger partial charge in [-0.05, 0) is 19.9 Å². The first-order valence-corrected chi connectivity index (χ1v) is 13.9. The number of nitrogens with one attached hydrogen (secondary N) is 1. The number of hydrogen-bond donors (Lipinski definition) is 3. The second-order valence-corrected chi connectivity index (χ2v) is 10.4. The molecule has 0 spiro atoms. The van der Waals surface area contributed by atoms with E-state index in [2.05, 4.69) is 26.8 Å². The molecule has 226 valence electrons. The summed E-state index contributed by atoms with van der Waals surface area (Å²) < 4.78 is 29.8. The summed E-state index contributed by atoms with van der Waals surface area (Å²) in [5, 5.41) is 12.9. The second kappa shape index (κ2) is 13.7. The Morgan fingerprint density at radius 2 is 1.86 bits per heavy atom. The molecular weight excluding hydrogens is 580 g/mol. The van der Waals surface area contributed by atoms with Crippen molar-refractivity contribution in [1.82, 2.24) is 19.9 Å². The molecule has 2 aromatic heterocycles. The van der Waals surface area contributed by atoms with E-state index in [0.717, 1.165) is 0 Å². The molecule has 0 saturated carbocycles. The number of benzene rings is 1. The van der Waals surface area contributed by atoms with Crippen molar-refractivity contribution in [3.63, 3.8) is 0 Å². The van der Waals surface area contributed by atoms with E-state index in [1.54, 1.807) is 26.0 Å². The van der Waals surface area contributed by atoms with Gasteiger partial charge in [0.2, 0.25) is 11.9 Å². The normalized spacial score (nSPS) is 15.8. The maximum Gasteiger partial charge on any atom is 0.305 e. The maximum absolute atomic E-state index is 15.3. The summed E-state index contributed by atoms with van der Waals surface area (Å²) in [6.07, 6.45) is 8.41. The molecule has 3 heterocycles. The monoisotopic (exact) mass is 611 g/mol. The number of piperazine rings is 1. The number of carboxylic acid groups (broad SMARTS) is 1. The largest absolute Gasteiger partial charge is 0.481 e. The lowest BCUT2D eigenvalue weighted by Crippen LogP contribution is -2.53. The number of rotatable bonds is 10. The van der Waals surface area contributed by atoms with Gasteiger partial charge in [0.15, 0.2) is 0 Å². The molecule has 0 bridgehead atoms. The molecule has 1 aliphatic rings. The van der Waals surface area contributed by atoms with Gasteiger partial charge in [0.25, 0.3) is 0 Å². The summed E-state index contributed by atoms with van der Waals surface area (Å²) in [6.45, 7) is 8.54. The number of hydrogen-bond acceptors (Lipinski definition) is 8. The van der Waals surface area contributed by atoms with Crippen LogP contribution in [-0.2, 0) is 9.59 Å². The summed E-state index contributed by atoms with van der Waals surface area (Å²) in [7, 11) is 0. The smallest absolute Gasteiger partial charge is 0.305 e. The van der Waals surface area contributed by atoms with Crippen molar-refractivity contribution in [3.05, 3.63) is 77.8 Å². The van der Waals surface area contributed by atoms with Gasteiger partial charge in [0.1, 0.15) is 11.6 Å². The number of nitrogens with two attached hydrogens (primary N) is 1. The molecule has 0 aliphatic carbocycles. The number of amides is 1. The van der Waals surface area contributed by atoms with Gasteiger partial charge in [-0.2, -0.15) is 0 Å². The van der Waals surface area contributed by atoms with E-state index in [9.17, 15) is 14.0 Å². The minimum Gasteiger partial charge on any atom is -0.481 e. The molecule has 13 heteroatoms. The Hall–Kier alpha value is -4.42. The number of anilines is 2. The van der Waals surface area contributed by atoms with Crippen LogP contribution in [0.2, 0.25) is 5.02 Å². The zero-order chi connectivity index (χ0) is 31.3. The molecule has 10 nitrogen and oxygen atoms in total. The number of aliphatic carboxylic acids is 1. The first-order valence-electron chi connectivity index (χ1n) is 13.6. The Balaban J connectivity index is 1.56. The highest BCUT2D eigenvalue weighted by Crippen LogP contribution is 2.36.